The van der Waals surface area contributed by atoms with Crippen molar-refractivity contribution in [2.24, 2.45) is 0 Å². The van der Waals surface area contributed by atoms with Gasteiger partial charge in [-0.25, -0.2) is 0 Å². The molecule has 1 heterocycles. The van der Waals surface area contributed by atoms with E-state index in [9.17, 15) is 9.90 Å². The molecule has 3 nitrogen and oxygen atoms in total. The minimum atomic E-state index is -1.16. The van der Waals surface area contributed by atoms with Gasteiger partial charge in [0.2, 0.25) is 0 Å². The topological polar surface area (TPSA) is 46.5 Å². The zero-order valence-electron chi connectivity index (χ0n) is 7.45. The van der Waals surface area contributed by atoms with Crippen molar-refractivity contribution < 1.29 is 14.6 Å². The first-order valence-corrected chi connectivity index (χ1v) is 4.44. The molecule has 1 rings (SSSR count). The van der Waals surface area contributed by atoms with Crippen LogP contribution < -0.4 is 0 Å². The van der Waals surface area contributed by atoms with Gasteiger partial charge in [0, 0.05) is 6.61 Å². The van der Waals surface area contributed by atoms with Gasteiger partial charge in [0.05, 0.1) is 6.10 Å². The molecule has 70 valence electrons. The van der Waals surface area contributed by atoms with Crippen molar-refractivity contribution in [1.29, 1.82) is 0 Å². The fourth-order valence-electron chi connectivity index (χ4n) is 1.38. The molecular formula is C9H16O3. The molecule has 1 N–H and O–H groups in total. The first kappa shape index (κ1) is 9.68. The normalized spacial score (nSPS) is 28.3. The summed E-state index contributed by atoms with van der Waals surface area (Å²) in [4.78, 5) is 10.3. The second kappa shape index (κ2) is 4.01. The zero-order valence-corrected chi connectivity index (χ0v) is 7.45. The Morgan fingerprint density at radius 1 is 1.75 bits per heavy atom. The van der Waals surface area contributed by atoms with Crippen molar-refractivity contribution in [2.45, 2.75) is 44.3 Å². The summed E-state index contributed by atoms with van der Waals surface area (Å²) in [6, 6.07) is 0. The predicted octanol–water partition coefficient (Wildman–Crippen LogP) is 0.895. The predicted molar refractivity (Wildman–Crippen MR) is 44.9 cm³/mol. The Morgan fingerprint density at radius 3 is 3.00 bits per heavy atom. The minimum absolute atomic E-state index is 0.261. The molecule has 0 radical (unpaired) electrons. The van der Waals surface area contributed by atoms with Crippen molar-refractivity contribution in [3.8, 4) is 0 Å². The van der Waals surface area contributed by atoms with E-state index < -0.39 is 5.60 Å². The monoisotopic (exact) mass is 172 g/mol. The van der Waals surface area contributed by atoms with E-state index in [1.54, 1.807) is 0 Å². The highest BCUT2D eigenvalue weighted by molar-refractivity contribution is 5.60. The molecule has 1 aliphatic heterocycles. The van der Waals surface area contributed by atoms with Crippen LogP contribution in [0.2, 0.25) is 0 Å². The highest BCUT2D eigenvalue weighted by Crippen LogP contribution is 2.20. The fourth-order valence-corrected chi connectivity index (χ4v) is 1.38. The molecule has 2 unspecified atom stereocenters. The fraction of sp³-hybridized carbons (Fsp3) is 0.889. The van der Waals surface area contributed by atoms with Crippen LogP contribution in [0.3, 0.4) is 0 Å². The Bertz CT molecular complexity index is 148. The Balaban J connectivity index is 2.19. The molecule has 2 atom stereocenters. The lowest BCUT2D eigenvalue weighted by Gasteiger charge is -2.17. The first-order valence-electron chi connectivity index (χ1n) is 4.44. The summed E-state index contributed by atoms with van der Waals surface area (Å²) in [6.07, 6.45) is 4.31. The Morgan fingerprint density at radius 2 is 2.50 bits per heavy atom. The molecule has 0 aromatic rings. The van der Waals surface area contributed by atoms with Crippen LogP contribution in [0.5, 0.6) is 0 Å². The maximum Gasteiger partial charge on any atom is 0.151 e. The Kier molecular flexibility index (Phi) is 3.23. The molecule has 12 heavy (non-hydrogen) atoms. The molecule has 1 saturated heterocycles. The number of aliphatic hydroxyl groups is 1. The maximum absolute atomic E-state index is 10.3. The minimum Gasteiger partial charge on any atom is -0.383 e. The van der Waals surface area contributed by atoms with Crippen molar-refractivity contribution in [3.05, 3.63) is 0 Å². The summed E-state index contributed by atoms with van der Waals surface area (Å²) in [5, 5.41) is 9.36. The molecule has 0 amide bonds. The number of hydrogen-bond acceptors (Lipinski definition) is 3. The zero-order chi connectivity index (χ0) is 9.03. The van der Waals surface area contributed by atoms with Gasteiger partial charge >= 0.3 is 0 Å². The molecule has 3 heteroatoms. The lowest BCUT2D eigenvalue weighted by atomic mass is 9.99. The van der Waals surface area contributed by atoms with E-state index in [4.69, 9.17) is 4.74 Å². The average molecular weight is 172 g/mol. The summed E-state index contributed by atoms with van der Waals surface area (Å²) in [7, 11) is 0. The van der Waals surface area contributed by atoms with Crippen molar-refractivity contribution in [1.82, 2.24) is 0 Å². The van der Waals surface area contributed by atoms with Gasteiger partial charge in [-0.1, -0.05) is 0 Å². The number of ether oxygens (including phenoxy) is 1. The summed E-state index contributed by atoms with van der Waals surface area (Å²) in [5.74, 6) is 0. The van der Waals surface area contributed by atoms with E-state index in [0.29, 0.717) is 12.7 Å². The molecule has 0 aromatic heterocycles. The Labute approximate surface area is 72.7 Å². The van der Waals surface area contributed by atoms with Gasteiger partial charge in [0.1, 0.15) is 5.60 Å². The van der Waals surface area contributed by atoms with Crippen LogP contribution >= 0.6 is 0 Å². The quantitative estimate of drug-likeness (QED) is 0.641. The van der Waals surface area contributed by atoms with E-state index in [-0.39, 0.29) is 6.10 Å². The molecule has 0 bridgehead atoms. The van der Waals surface area contributed by atoms with Crippen LogP contribution in [0.4, 0.5) is 0 Å². The summed E-state index contributed by atoms with van der Waals surface area (Å²) in [5.41, 5.74) is -1.16. The molecule has 1 aliphatic rings. The van der Waals surface area contributed by atoms with Gasteiger partial charge in [0.25, 0.3) is 0 Å². The number of carbonyl (C=O) groups excluding carboxylic acids is 1. The number of carbonyl (C=O) groups is 1. The van der Waals surface area contributed by atoms with E-state index in [1.165, 1.54) is 6.92 Å². The van der Waals surface area contributed by atoms with Gasteiger partial charge in [-0.15, -0.1) is 0 Å². The van der Waals surface area contributed by atoms with Crippen LogP contribution in [-0.2, 0) is 9.53 Å². The largest absolute Gasteiger partial charge is 0.383 e. The number of aldehydes is 1. The van der Waals surface area contributed by atoms with Crippen LogP contribution in [0.1, 0.15) is 32.6 Å². The molecule has 0 spiro atoms. The molecule has 0 aliphatic carbocycles. The van der Waals surface area contributed by atoms with Crippen LogP contribution in [0.25, 0.3) is 0 Å². The molecule has 0 aromatic carbocycles. The third-order valence-corrected chi connectivity index (χ3v) is 2.25. The number of hydrogen-bond donors (Lipinski definition) is 1. The summed E-state index contributed by atoms with van der Waals surface area (Å²) in [6.45, 7) is 2.36. The van der Waals surface area contributed by atoms with Gasteiger partial charge < -0.3 is 14.6 Å². The highest BCUT2D eigenvalue weighted by atomic mass is 16.5. The average Bonchev–Trinajstić information content (AvgIpc) is 2.53. The standard InChI is InChI=1S/C9H16O3/c1-9(11,7-10)5-4-8-3-2-6-12-8/h7-8,11H,2-6H2,1H3. The summed E-state index contributed by atoms with van der Waals surface area (Å²) < 4.78 is 5.37. The first-order chi connectivity index (χ1) is 5.64. The summed E-state index contributed by atoms with van der Waals surface area (Å²) >= 11 is 0. The van der Waals surface area contributed by atoms with Crippen LogP contribution in [0, 0.1) is 0 Å². The van der Waals surface area contributed by atoms with Crippen LogP contribution in [0.15, 0.2) is 0 Å². The van der Waals surface area contributed by atoms with Crippen molar-refractivity contribution in [3.63, 3.8) is 0 Å². The van der Waals surface area contributed by atoms with Crippen molar-refractivity contribution >= 4 is 6.29 Å². The lowest BCUT2D eigenvalue weighted by molar-refractivity contribution is -0.123. The molecule has 1 fully saturated rings. The van der Waals surface area contributed by atoms with Crippen molar-refractivity contribution in [2.75, 3.05) is 6.61 Å². The second-order valence-corrected chi connectivity index (χ2v) is 3.65. The van der Waals surface area contributed by atoms with E-state index in [1.807, 2.05) is 0 Å². The van der Waals surface area contributed by atoms with E-state index in [0.717, 1.165) is 25.9 Å². The van der Waals surface area contributed by atoms with E-state index in [2.05, 4.69) is 0 Å². The Hall–Kier alpha value is -0.410. The van der Waals surface area contributed by atoms with Gasteiger partial charge in [-0.05, 0) is 32.6 Å². The lowest BCUT2D eigenvalue weighted by Crippen LogP contribution is -2.27. The van der Waals surface area contributed by atoms with Crippen LogP contribution in [-0.4, -0.2) is 29.7 Å². The van der Waals surface area contributed by atoms with Gasteiger partial charge in [-0.3, -0.25) is 0 Å². The highest BCUT2D eigenvalue weighted by Gasteiger charge is 2.23. The molecular weight excluding hydrogens is 156 g/mol. The third kappa shape index (κ3) is 2.91. The second-order valence-electron chi connectivity index (χ2n) is 3.65. The molecule has 0 saturated carbocycles. The maximum atomic E-state index is 10.3. The number of rotatable bonds is 4. The van der Waals surface area contributed by atoms with Gasteiger partial charge in [-0.2, -0.15) is 0 Å². The third-order valence-electron chi connectivity index (χ3n) is 2.25. The van der Waals surface area contributed by atoms with E-state index >= 15 is 0 Å². The smallest absolute Gasteiger partial charge is 0.151 e. The SMILES string of the molecule is CC(O)(C=O)CCC1CCCO1. The van der Waals surface area contributed by atoms with Gasteiger partial charge in [0.15, 0.2) is 6.29 Å².